The first-order valence-corrected chi connectivity index (χ1v) is 8.04. The number of amides is 1. The van der Waals surface area contributed by atoms with Crippen LogP contribution in [-0.4, -0.2) is 19.6 Å². The molecule has 26 heavy (non-hydrogen) atoms. The van der Waals surface area contributed by atoms with E-state index >= 15 is 0 Å². The molecule has 0 aliphatic heterocycles. The zero-order chi connectivity index (χ0) is 18.5. The average Bonchev–Trinajstić information content (AvgIpc) is 2.67. The fourth-order valence-corrected chi connectivity index (χ4v) is 2.76. The zero-order valence-corrected chi connectivity index (χ0v) is 14.1. The Balaban J connectivity index is 1.99. The van der Waals surface area contributed by atoms with Gasteiger partial charge < -0.3 is 9.64 Å². The van der Waals surface area contributed by atoms with E-state index in [2.05, 4.69) is 4.74 Å². The van der Waals surface area contributed by atoms with Gasteiger partial charge in [0.15, 0.2) is 0 Å². The number of hydrogen-bond acceptors (Lipinski definition) is 2. The van der Waals surface area contributed by atoms with E-state index in [1.54, 1.807) is 19.2 Å². The monoisotopic (exact) mass is 353 g/mol. The highest BCUT2D eigenvalue weighted by Crippen LogP contribution is 2.32. The van der Waals surface area contributed by atoms with E-state index < -0.39 is 12.5 Å². The van der Waals surface area contributed by atoms with Gasteiger partial charge in [-0.25, -0.2) is 0 Å². The Morgan fingerprint density at radius 3 is 2.23 bits per heavy atom. The molecule has 3 aromatic rings. The summed E-state index contributed by atoms with van der Waals surface area (Å²) in [5.74, 6) is -0.568. The number of anilines is 1. The van der Waals surface area contributed by atoms with Gasteiger partial charge in [-0.15, -0.1) is 0 Å². The summed E-state index contributed by atoms with van der Waals surface area (Å²) in [6.07, 6.45) is 0. The Labute approximate surface area is 150 Å². The molecule has 5 heteroatoms. The summed E-state index contributed by atoms with van der Waals surface area (Å²) in [6, 6.07) is 23.1. The first-order chi connectivity index (χ1) is 12.6. The Hall–Kier alpha value is -3.21. The molecule has 132 valence electrons. The largest absolute Gasteiger partial charge is 0.434 e. The molecule has 3 rings (SSSR count). The summed E-state index contributed by atoms with van der Waals surface area (Å²) >= 11 is 0. The van der Waals surface area contributed by atoms with Gasteiger partial charge in [-0.1, -0.05) is 60.7 Å². The fraction of sp³-hybridized carbons (Fsp3) is 0.0952. The second-order valence-electron chi connectivity index (χ2n) is 5.62. The van der Waals surface area contributed by atoms with Crippen molar-refractivity contribution in [3.63, 3.8) is 0 Å². The first kappa shape index (κ1) is 17.6. The van der Waals surface area contributed by atoms with E-state index in [1.165, 1.54) is 17.0 Å². The maximum absolute atomic E-state index is 12.9. The molecule has 0 fully saturated rings. The number of carbonyl (C=O) groups is 1. The highest BCUT2D eigenvalue weighted by atomic mass is 19.3. The minimum Gasteiger partial charge on any atom is -0.434 e. The number of para-hydroxylation sites is 2. The Morgan fingerprint density at radius 2 is 1.50 bits per heavy atom. The maximum atomic E-state index is 12.9. The Bertz CT molecular complexity index is 897. The van der Waals surface area contributed by atoms with Crippen LogP contribution in [0.25, 0.3) is 11.1 Å². The van der Waals surface area contributed by atoms with Crippen molar-refractivity contribution in [2.24, 2.45) is 0 Å². The van der Waals surface area contributed by atoms with Gasteiger partial charge in [0.1, 0.15) is 5.75 Å². The molecule has 0 heterocycles. The van der Waals surface area contributed by atoms with Crippen LogP contribution in [0.5, 0.6) is 5.75 Å². The zero-order valence-electron chi connectivity index (χ0n) is 14.1. The van der Waals surface area contributed by atoms with Crippen LogP contribution in [0.2, 0.25) is 0 Å². The highest BCUT2D eigenvalue weighted by molar-refractivity contribution is 6.09. The topological polar surface area (TPSA) is 29.5 Å². The third-order valence-corrected chi connectivity index (χ3v) is 3.99. The SMILES string of the molecule is CN(C(=O)c1ccccc1OC(F)F)c1ccccc1-c1ccccc1. The van der Waals surface area contributed by atoms with Crippen LogP contribution in [0.15, 0.2) is 78.9 Å². The fourth-order valence-electron chi connectivity index (χ4n) is 2.76. The molecule has 0 aliphatic carbocycles. The van der Waals surface area contributed by atoms with Crippen molar-refractivity contribution in [1.29, 1.82) is 0 Å². The van der Waals surface area contributed by atoms with Crippen LogP contribution in [0.4, 0.5) is 14.5 Å². The molecule has 0 aliphatic rings. The summed E-state index contributed by atoms with van der Waals surface area (Å²) < 4.78 is 29.7. The minimum atomic E-state index is -2.99. The first-order valence-electron chi connectivity index (χ1n) is 8.04. The number of hydrogen-bond donors (Lipinski definition) is 0. The molecule has 0 spiro atoms. The normalized spacial score (nSPS) is 10.6. The molecule has 0 bridgehead atoms. The Kier molecular flexibility index (Phi) is 5.27. The molecule has 3 aromatic carbocycles. The molecule has 0 atom stereocenters. The maximum Gasteiger partial charge on any atom is 0.387 e. The second-order valence-corrected chi connectivity index (χ2v) is 5.62. The van der Waals surface area contributed by atoms with Gasteiger partial charge in [-0.2, -0.15) is 8.78 Å². The standard InChI is InChI=1S/C21H17F2NO2/c1-24(20(25)17-12-6-8-14-19(17)26-21(22)23)18-13-7-5-11-16(18)15-9-3-2-4-10-15/h2-14,21H,1H3. The second kappa shape index (κ2) is 7.78. The predicted octanol–water partition coefficient (Wildman–Crippen LogP) is 5.23. The lowest BCUT2D eigenvalue weighted by Gasteiger charge is -2.22. The van der Waals surface area contributed by atoms with Crippen LogP contribution in [-0.2, 0) is 0 Å². The van der Waals surface area contributed by atoms with E-state index in [1.807, 2.05) is 54.6 Å². The lowest BCUT2D eigenvalue weighted by atomic mass is 10.0. The molecular weight excluding hydrogens is 336 g/mol. The van der Waals surface area contributed by atoms with Gasteiger partial charge in [-0.3, -0.25) is 4.79 Å². The lowest BCUT2D eigenvalue weighted by Crippen LogP contribution is -2.27. The number of rotatable bonds is 5. The van der Waals surface area contributed by atoms with Gasteiger partial charge >= 0.3 is 6.61 Å². The summed E-state index contributed by atoms with van der Waals surface area (Å²) in [6.45, 7) is -2.99. The van der Waals surface area contributed by atoms with Crippen molar-refractivity contribution in [3.8, 4) is 16.9 Å². The van der Waals surface area contributed by atoms with Crippen LogP contribution in [0.3, 0.4) is 0 Å². The van der Waals surface area contributed by atoms with Gasteiger partial charge in [0.05, 0.1) is 11.3 Å². The van der Waals surface area contributed by atoms with Crippen molar-refractivity contribution in [2.45, 2.75) is 6.61 Å². The smallest absolute Gasteiger partial charge is 0.387 e. The summed E-state index contributed by atoms with van der Waals surface area (Å²) in [5, 5.41) is 0. The number of benzene rings is 3. The van der Waals surface area contributed by atoms with Crippen LogP contribution in [0, 0.1) is 0 Å². The van der Waals surface area contributed by atoms with Gasteiger partial charge in [-0.05, 0) is 23.8 Å². The molecule has 3 nitrogen and oxygen atoms in total. The van der Waals surface area contributed by atoms with Gasteiger partial charge in [0.2, 0.25) is 0 Å². The highest BCUT2D eigenvalue weighted by Gasteiger charge is 2.21. The molecule has 0 radical (unpaired) electrons. The van der Waals surface area contributed by atoms with E-state index in [-0.39, 0.29) is 11.3 Å². The Morgan fingerprint density at radius 1 is 0.885 bits per heavy atom. The number of ether oxygens (including phenoxy) is 1. The van der Waals surface area contributed by atoms with Crippen LogP contribution < -0.4 is 9.64 Å². The summed E-state index contributed by atoms with van der Waals surface area (Å²) in [4.78, 5) is 14.4. The molecular formula is C21H17F2NO2. The minimum absolute atomic E-state index is 0.0816. The quantitative estimate of drug-likeness (QED) is 0.628. The van der Waals surface area contributed by atoms with Gasteiger partial charge in [0, 0.05) is 12.6 Å². The molecule has 1 amide bonds. The molecule has 0 saturated carbocycles. The van der Waals surface area contributed by atoms with Crippen molar-refractivity contribution >= 4 is 11.6 Å². The van der Waals surface area contributed by atoms with Crippen LogP contribution >= 0.6 is 0 Å². The number of carbonyl (C=O) groups excluding carboxylic acids is 1. The average molecular weight is 353 g/mol. The van der Waals surface area contributed by atoms with Crippen molar-refractivity contribution in [3.05, 3.63) is 84.4 Å². The molecule has 0 N–H and O–H groups in total. The van der Waals surface area contributed by atoms with Crippen LogP contribution in [0.1, 0.15) is 10.4 Å². The van der Waals surface area contributed by atoms with Gasteiger partial charge in [0.25, 0.3) is 5.91 Å². The third-order valence-electron chi connectivity index (χ3n) is 3.99. The van der Waals surface area contributed by atoms with E-state index in [9.17, 15) is 13.6 Å². The summed E-state index contributed by atoms with van der Waals surface area (Å²) in [5.41, 5.74) is 2.59. The molecule has 0 aromatic heterocycles. The predicted molar refractivity (Wildman–Crippen MR) is 97.7 cm³/mol. The third kappa shape index (κ3) is 3.72. The summed E-state index contributed by atoms with van der Waals surface area (Å²) in [7, 11) is 1.61. The molecule has 0 saturated heterocycles. The number of alkyl halides is 2. The van der Waals surface area contributed by atoms with Crippen molar-refractivity contribution in [1.82, 2.24) is 0 Å². The van der Waals surface area contributed by atoms with E-state index in [0.29, 0.717) is 5.69 Å². The molecule has 0 unspecified atom stereocenters. The number of halogens is 2. The van der Waals surface area contributed by atoms with Crippen molar-refractivity contribution < 1.29 is 18.3 Å². The van der Waals surface area contributed by atoms with E-state index in [4.69, 9.17) is 0 Å². The number of nitrogens with zero attached hydrogens (tertiary/aromatic N) is 1. The van der Waals surface area contributed by atoms with E-state index in [0.717, 1.165) is 11.1 Å². The van der Waals surface area contributed by atoms with Crippen molar-refractivity contribution in [2.75, 3.05) is 11.9 Å². The lowest BCUT2D eigenvalue weighted by molar-refractivity contribution is -0.0501.